The number of aliphatic hydroxyl groups excluding tert-OH is 1. The molecule has 4 amide bonds. The maximum Gasteiger partial charge on any atom is 0.444 e. The molecular formula is C22H30Br2N6O8. The van der Waals surface area contributed by atoms with E-state index in [1.807, 2.05) is 0 Å². The van der Waals surface area contributed by atoms with E-state index in [0.717, 1.165) is 0 Å². The molecule has 0 saturated heterocycles. The lowest BCUT2D eigenvalue weighted by Gasteiger charge is -2.27. The van der Waals surface area contributed by atoms with Gasteiger partial charge in [0, 0.05) is 26.9 Å². The van der Waals surface area contributed by atoms with Gasteiger partial charge in [0.15, 0.2) is 6.61 Å². The van der Waals surface area contributed by atoms with Crippen LogP contribution in [0.1, 0.15) is 57.5 Å². The van der Waals surface area contributed by atoms with E-state index < -0.39 is 48.4 Å². The first-order valence-corrected chi connectivity index (χ1v) is 12.7. The van der Waals surface area contributed by atoms with Gasteiger partial charge in [-0.05, 0) is 74.6 Å². The molecule has 210 valence electrons. The number of amides is 4. The Hall–Kier alpha value is -2.91. The zero-order valence-electron chi connectivity index (χ0n) is 21.8. The third kappa shape index (κ3) is 10.8. The third-order valence-corrected chi connectivity index (χ3v) is 5.37. The minimum Gasteiger partial charge on any atom is -0.442 e. The number of ether oxygens (including phenoxy) is 2. The lowest BCUT2D eigenvalue weighted by atomic mass is 10.1. The minimum atomic E-state index is -1.16. The summed E-state index contributed by atoms with van der Waals surface area (Å²) in [5, 5.41) is 18.4. The maximum atomic E-state index is 12.7. The van der Waals surface area contributed by atoms with Crippen LogP contribution in [0.15, 0.2) is 20.1 Å². The van der Waals surface area contributed by atoms with Crippen LogP contribution in [0.2, 0.25) is 0 Å². The molecule has 0 atom stereocenters. The quantitative estimate of drug-likeness (QED) is 0.112. The van der Waals surface area contributed by atoms with Crippen molar-refractivity contribution in [3.8, 4) is 0 Å². The van der Waals surface area contributed by atoms with Crippen molar-refractivity contribution in [3.63, 3.8) is 0 Å². The third-order valence-electron chi connectivity index (χ3n) is 3.99. The van der Waals surface area contributed by atoms with Crippen molar-refractivity contribution >= 4 is 61.5 Å². The monoisotopic (exact) mass is 664 g/mol. The molecule has 1 aromatic rings. The predicted octanol–water partition coefficient (Wildman–Crippen LogP) is 4.60. The summed E-state index contributed by atoms with van der Waals surface area (Å²) in [5.74, 6) is -1.31. The highest BCUT2D eigenvalue weighted by molar-refractivity contribution is 9.11. The molecule has 0 radical (unpaired) electrons. The topological polar surface area (TPSA) is 192 Å². The smallest absolute Gasteiger partial charge is 0.442 e. The van der Waals surface area contributed by atoms with Crippen LogP contribution in [0.4, 0.5) is 15.3 Å². The number of hydrogen-bond donors (Lipinski definition) is 3. The normalized spacial score (nSPS) is 11.2. The number of hydrogen-bond acceptors (Lipinski definition) is 9. The Morgan fingerprint density at radius 2 is 1.55 bits per heavy atom. The number of hydroxylamine groups is 2. The molecule has 0 saturated carbocycles. The van der Waals surface area contributed by atoms with Crippen LogP contribution < -0.4 is 10.6 Å². The van der Waals surface area contributed by atoms with E-state index in [-0.39, 0.29) is 39.4 Å². The number of halogens is 2. The first-order chi connectivity index (χ1) is 17.5. The molecule has 0 aromatic heterocycles. The highest BCUT2D eigenvalue weighted by atomic mass is 79.9. The van der Waals surface area contributed by atoms with Gasteiger partial charge < -0.3 is 25.2 Å². The lowest BCUT2D eigenvalue weighted by Crippen LogP contribution is -2.45. The molecule has 0 heterocycles. The standard InChI is InChI=1S/C22H30Br2N6O8/c1-21(2,3)37-19(34)30(20(35)38-22(4,5)6)36-11-14(32)26-7-8-27-18(33)15-12(10-31)9-13(23)17(16(15)24)28-29-25/h9,31H,7-8,10-11H2,1-6H3,(H,26,32)(H,27,33). The Bertz CT molecular complexity index is 1080. The molecule has 16 heteroatoms. The van der Waals surface area contributed by atoms with Gasteiger partial charge in [0.2, 0.25) is 5.91 Å². The van der Waals surface area contributed by atoms with Gasteiger partial charge in [-0.15, -0.1) is 0 Å². The molecule has 0 aliphatic rings. The van der Waals surface area contributed by atoms with Gasteiger partial charge >= 0.3 is 12.2 Å². The summed E-state index contributed by atoms with van der Waals surface area (Å²) in [6.45, 7) is 8.28. The van der Waals surface area contributed by atoms with Crippen molar-refractivity contribution in [3.05, 3.63) is 36.6 Å². The van der Waals surface area contributed by atoms with Gasteiger partial charge in [-0.2, -0.15) is 0 Å². The fraction of sp³-hybridized carbons (Fsp3) is 0.545. The van der Waals surface area contributed by atoms with Crippen LogP contribution >= 0.6 is 31.9 Å². The zero-order chi connectivity index (χ0) is 29.3. The molecule has 0 spiro atoms. The zero-order valence-corrected chi connectivity index (χ0v) is 24.9. The predicted molar refractivity (Wildman–Crippen MR) is 142 cm³/mol. The molecule has 38 heavy (non-hydrogen) atoms. The van der Waals surface area contributed by atoms with E-state index in [1.165, 1.54) is 6.07 Å². The number of aliphatic hydroxyl groups is 1. The number of imide groups is 1. The number of azide groups is 1. The van der Waals surface area contributed by atoms with Crippen molar-refractivity contribution in [2.75, 3.05) is 19.7 Å². The first kappa shape index (κ1) is 33.1. The Morgan fingerprint density at radius 1 is 1.03 bits per heavy atom. The first-order valence-electron chi connectivity index (χ1n) is 11.1. The van der Waals surface area contributed by atoms with E-state index in [0.29, 0.717) is 4.47 Å². The summed E-state index contributed by atoms with van der Waals surface area (Å²) in [7, 11) is 0. The minimum absolute atomic E-state index is 0.0311. The summed E-state index contributed by atoms with van der Waals surface area (Å²) in [6, 6.07) is 1.45. The second kappa shape index (κ2) is 14.3. The summed E-state index contributed by atoms with van der Waals surface area (Å²) >= 11 is 6.43. The fourth-order valence-electron chi connectivity index (χ4n) is 2.59. The molecule has 0 bridgehead atoms. The molecule has 1 aromatic carbocycles. The summed E-state index contributed by atoms with van der Waals surface area (Å²) < 4.78 is 10.8. The molecule has 0 aliphatic heterocycles. The van der Waals surface area contributed by atoms with Crippen molar-refractivity contribution in [2.45, 2.75) is 59.4 Å². The van der Waals surface area contributed by atoms with E-state index in [2.05, 4.69) is 52.5 Å². The van der Waals surface area contributed by atoms with Crippen molar-refractivity contribution < 1.29 is 38.6 Å². The molecule has 1 rings (SSSR count). The second-order valence-electron chi connectivity index (χ2n) is 9.54. The summed E-state index contributed by atoms with van der Waals surface area (Å²) in [5.41, 5.74) is 7.31. The largest absolute Gasteiger partial charge is 0.444 e. The number of rotatable bonds is 9. The van der Waals surface area contributed by atoms with Gasteiger partial charge in [0.25, 0.3) is 5.91 Å². The van der Waals surface area contributed by atoms with Crippen LogP contribution in [-0.4, -0.2) is 65.1 Å². The number of carbonyl (C=O) groups is 4. The number of nitrogens with zero attached hydrogens (tertiary/aromatic N) is 4. The van der Waals surface area contributed by atoms with Crippen LogP contribution in [0.3, 0.4) is 0 Å². The summed E-state index contributed by atoms with van der Waals surface area (Å²) in [4.78, 5) is 57.5. The van der Waals surface area contributed by atoms with Crippen molar-refractivity contribution in [2.24, 2.45) is 5.11 Å². The van der Waals surface area contributed by atoms with Crippen LogP contribution in [0.5, 0.6) is 0 Å². The van der Waals surface area contributed by atoms with Crippen LogP contribution in [0.25, 0.3) is 10.4 Å². The Balaban J connectivity index is 2.75. The molecular weight excluding hydrogens is 636 g/mol. The van der Waals surface area contributed by atoms with Gasteiger partial charge in [0.05, 0.1) is 17.9 Å². The Kier molecular flexibility index (Phi) is 12.5. The maximum absolute atomic E-state index is 12.7. The van der Waals surface area contributed by atoms with Gasteiger partial charge in [-0.25, -0.2) is 14.4 Å². The highest BCUT2D eigenvalue weighted by Gasteiger charge is 2.33. The Labute approximate surface area is 236 Å². The molecule has 0 aliphatic carbocycles. The van der Waals surface area contributed by atoms with E-state index in [9.17, 15) is 24.3 Å². The van der Waals surface area contributed by atoms with Crippen molar-refractivity contribution in [1.82, 2.24) is 15.7 Å². The average molecular weight is 666 g/mol. The molecule has 3 N–H and O–H groups in total. The highest BCUT2D eigenvalue weighted by Crippen LogP contribution is 2.38. The van der Waals surface area contributed by atoms with Crippen molar-refractivity contribution in [1.29, 1.82) is 0 Å². The van der Waals surface area contributed by atoms with E-state index in [1.54, 1.807) is 41.5 Å². The van der Waals surface area contributed by atoms with Gasteiger partial charge in [-0.3, -0.25) is 9.59 Å². The van der Waals surface area contributed by atoms with E-state index >= 15 is 0 Å². The second-order valence-corrected chi connectivity index (χ2v) is 11.2. The van der Waals surface area contributed by atoms with Gasteiger partial charge in [-0.1, -0.05) is 26.1 Å². The van der Waals surface area contributed by atoms with E-state index in [4.69, 9.17) is 19.8 Å². The molecule has 0 fully saturated rings. The average Bonchev–Trinajstić information content (AvgIpc) is 2.76. The van der Waals surface area contributed by atoms with Gasteiger partial charge in [0.1, 0.15) is 11.2 Å². The molecule has 14 nitrogen and oxygen atoms in total. The van der Waals surface area contributed by atoms with Crippen LogP contribution in [0, 0.1) is 0 Å². The number of carbonyl (C=O) groups excluding carboxylic acids is 4. The Morgan fingerprint density at radius 3 is 2.03 bits per heavy atom. The van der Waals surface area contributed by atoms with Crippen LogP contribution in [-0.2, 0) is 25.7 Å². The number of nitrogens with one attached hydrogen (secondary N) is 2. The fourth-order valence-corrected chi connectivity index (χ4v) is 4.14. The molecule has 0 unspecified atom stereocenters. The summed E-state index contributed by atoms with van der Waals surface area (Å²) in [6.07, 6.45) is -2.32. The lowest BCUT2D eigenvalue weighted by molar-refractivity contribution is -0.154. The number of benzene rings is 1. The SMILES string of the molecule is CC(C)(C)OC(=O)N(OCC(=O)NCCNC(=O)c1c(CO)cc(Br)c(N=[N+]=[N-])c1Br)C(=O)OC(C)(C)C.